The molecule has 0 radical (unpaired) electrons. The van der Waals surface area contributed by atoms with Gasteiger partial charge in [0.1, 0.15) is 23.7 Å². The van der Waals surface area contributed by atoms with Crippen LogP contribution in [0.2, 0.25) is 0 Å². The van der Waals surface area contributed by atoms with Gasteiger partial charge in [-0.3, -0.25) is 14.5 Å². The highest BCUT2D eigenvalue weighted by molar-refractivity contribution is 7.99. The quantitative estimate of drug-likeness (QED) is 0.326. The molecule has 4 rings (SSSR count). The fourth-order valence-corrected chi connectivity index (χ4v) is 4.87. The molecule has 10 heteroatoms. The number of aliphatic hydroxyl groups is 2. The fourth-order valence-electron chi connectivity index (χ4n) is 3.67. The van der Waals surface area contributed by atoms with E-state index < -0.39 is 41.6 Å². The van der Waals surface area contributed by atoms with E-state index in [0.29, 0.717) is 0 Å². The SMILES string of the molecule is [N-]=[N+]=NCC1O[C@@H](Sc2ccccc2)C(N2C(=O)c3ccccc3C2=O)[C@@H](O)[C@@H]1O. The summed E-state index contributed by atoms with van der Waals surface area (Å²) in [6.07, 6.45) is -3.91. The maximum atomic E-state index is 13.0. The molecule has 2 N–H and O–H groups in total. The lowest BCUT2D eigenvalue weighted by Crippen LogP contribution is -2.64. The van der Waals surface area contributed by atoms with Gasteiger partial charge in [-0.2, -0.15) is 0 Å². The first-order valence-corrected chi connectivity index (χ1v) is 10.1. The number of nitrogens with zero attached hydrogens (tertiary/aromatic N) is 4. The van der Waals surface area contributed by atoms with Crippen LogP contribution in [0.5, 0.6) is 0 Å². The third-order valence-corrected chi connectivity index (χ3v) is 6.28. The van der Waals surface area contributed by atoms with E-state index in [2.05, 4.69) is 10.0 Å². The van der Waals surface area contributed by atoms with Gasteiger partial charge in [0.05, 0.1) is 23.8 Å². The summed E-state index contributed by atoms with van der Waals surface area (Å²) in [6.45, 7) is -0.199. The molecular formula is C20H18N4O5S. The zero-order valence-electron chi connectivity index (χ0n) is 15.6. The molecule has 5 atom stereocenters. The molecule has 1 fully saturated rings. The average molecular weight is 426 g/mol. The molecule has 9 nitrogen and oxygen atoms in total. The van der Waals surface area contributed by atoms with Gasteiger partial charge in [-0.15, -0.1) is 0 Å². The number of carbonyl (C=O) groups excluding carboxylic acids is 2. The molecule has 2 aliphatic rings. The number of aliphatic hydroxyl groups excluding tert-OH is 2. The van der Waals surface area contributed by atoms with Crippen molar-refractivity contribution in [3.05, 3.63) is 76.2 Å². The Kier molecular flexibility index (Phi) is 5.76. The molecule has 0 aromatic heterocycles. The molecule has 154 valence electrons. The second-order valence-corrected chi connectivity index (χ2v) is 8.06. The van der Waals surface area contributed by atoms with Gasteiger partial charge in [0.2, 0.25) is 0 Å². The van der Waals surface area contributed by atoms with Crippen LogP contribution >= 0.6 is 11.8 Å². The first kappa shape index (κ1) is 20.4. The predicted octanol–water partition coefficient (Wildman–Crippen LogP) is 2.20. The topological polar surface area (TPSA) is 136 Å². The summed E-state index contributed by atoms with van der Waals surface area (Å²) >= 11 is 1.21. The Balaban J connectivity index is 1.70. The Bertz CT molecular complexity index is 978. The molecule has 2 aromatic rings. The molecule has 2 heterocycles. The number of ether oxygens (including phenoxy) is 1. The van der Waals surface area contributed by atoms with Crippen molar-refractivity contribution < 1.29 is 24.5 Å². The minimum absolute atomic E-state index is 0.199. The van der Waals surface area contributed by atoms with Crippen molar-refractivity contribution in [1.82, 2.24) is 4.90 Å². The zero-order valence-corrected chi connectivity index (χ0v) is 16.4. The van der Waals surface area contributed by atoms with Gasteiger partial charge in [-0.1, -0.05) is 47.2 Å². The van der Waals surface area contributed by atoms with Crippen LogP contribution < -0.4 is 0 Å². The van der Waals surface area contributed by atoms with Crippen molar-refractivity contribution >= 4 is 23.6 Å². The van der Waals surface area contributed by atoms with Crippen LogP contribution in [0.3, 0.4) is 0 Å². The van der Waals surface area contributed by atoms with Gasteiger partial charge in [-0.05, 0) is 29.8 Å². The van der Waals surface area contributed by atoms with E-state index in [4.69, 9.17) is 10.3 Å². The molecular weight excluding hydrogens is 408 g/mol. The van der Waals surface area contributed by atoms with E-state index >= 15 is 0 Å². The number of fused-ring (bicyclic) bond motifs is 1. The normalized spacial score (nSPS) is 28.2. The Morgan fingerprint density at radius 3 is 2.20 bits per heavy atom. The van der Waals surface area contributed by atoms with Crippen molar-refractivity contribution in [2.45, 2.75) is 34.7 Å². The Labute approximate surface area is 175 Å². The molecule has 0 spiro atoms. The van der Waals surface area contributed by atoms with Crippen molar-refractivity contribution in [2.75, 3.05) is 6.54 Å². The van der Waals surface area contributed by atoms with Gasteiger partial charge in [0, 0.05) is 9.81 Å². The average Bonchev–Trinajstić information content (AvgIpc) is 3.01. The number of hydrogen-bond donors (Lipinski definition) is 2. The van der Waals surface area contributed by atoms with E-state index in [1.54, 1.807) is 24.3 Å². The summed E-state index contributed by atoms with van der Waals surface area (Å²) in [4.78, 5) is 30.4. The number of azide groups is 1. The molecule has 0 aliphatic carbocycles. The number of hydrogen-bond acceptors (Lipinski definition) is 7. The zero-order chi connectivity index (χ0) is 21.3. The maximum absolute atomic E-state index is 13.0. The molecule has 30 heavy (non-hydrogen) atoms. The molecule has 2 unspecified atom stereocenters. The fraction of sp³-hybridized carbons (Fsp3) is 0.300. The smallest absolute Gasteiger partial charge is 0.262 e. The second-order valence-electron chi connectivity index (χ2n) is 6.88. The van der Waals surface area contributed by atoms with E-state index in [1.165, 1.54) is 11.8 Å². The highest BCUT2D eigenvalue weighted by Gasteiger charge is 2.52. The van der Waals surface area contributed by atoms with Gasteiger partial charge < -0.3 is 14.9 Å². The van der Waals surface area contributed by atoms with Crippen LogP contribution in [0.4, 0.5) is 0 Å². The molecule has 2 aliphatic heterocycles. The van der Waals surface area contributed by atoms with Gasteiger partial charge in [-0.25, -0.2) is 0 Å². The molecule has 0 bridgehead atoms. The largest absolute Gasteiger partial charge is 0.388 e. The minimum Gasteiger partial charge on any atom is -0.388 e. The Hall–Kier alpha value is -2.88. The lowest BCUT2D eigenvalue weighted by atomic mass is 9.96. The lowest BCUT2D eigenvalue weighted by molar-refractivity contribution is -0.168. The molecule has 0 saturated carbocycles. The first-order valence-electron chi connectivity index (χ1n) is 9.24. The van der Waals surface area contributed by atoms with Crippen LogP contribution in [0.1, 0.15) is 20.7 Å². The molecule has 1 saturated heterocycles. The summed E-state index contributed by atoms with van der Waals surface area (Å²) in [7, 11) is 0. The van der Waals surface area contributed by atoms with Crippen LogP contribution in [0.25, 0.3) is 10.4 Å². The Morgan fingerprint density at radius 1 is 1.00 bits per heavy atom. The van der Waals surface area contributed by atoms with Crippen molar-refractivity contribution in [3.63, 3.8) is 0 Å². The van der Waals surface area contributed by atoms with Crippen LogP contribution in [0.15, 0.2) is 64.6 Å². The van der Waals surface area contributed by atoms with Crippen molar-refractivity contribution in [3.8, 4) is 0 Å². The summed E-state index contributed by atoms with van der Waals surface area (Å²) in [5.41, 5.74) is 8.20. The molecule has 2 amide bonds. The summed E-state index contributed by atoms with van der Waals surface area (Å²) in [5.74, 6) is -1.11. The molecule has 2 aromatic carbocycles. The van der Waals surface area contributed by atoms with E-state index in [-0.39, 0.29) is 17.7 Å². The van der Waals surface area contributed by atoms with E-state index in [0.717, 1.165) is 9.80 Å². The van der Waals surface area contributed by atoms with Gasteiger partial charge >= 0.3 is 0 Å². The number of benzene rings is 2. The number of amides is 2. The maximum Gasteiger partial charge on any atom is 0.262 e. The van der Waals surface area contributed by atoms with Crippen molar-refractivity contribution in [2.24, 2.45) is 5.11 Å². The third-order valence-electron chi connectivity index (χ3n) is 5.11. The van der Waals surface area contributed by atoms with Crippen LogP contribution in [-0.2, 0) is 4.74 Å². The number of carbonyl (C=O) groups is 2. The first-order chi connectivity index (χ1) is 14.5. The third kappa shape index (κ3) is 3.55. The summed E-state index contributed by atoms with van der Waals surface area (Å²) in [5, 5.41) is 24.9. The minimum atomic E-state index is -1.49. The standard InChI is InChI=1S/C20H18N4O5S/c21-23-22-10-14-16(25)17(26)15(20(29-14)30-11-6-2-1-3-7-11)24-18(27)12-8-4-5-9-13(12)19(24)28/h1-9,14-17,20,25-26H,10H2/t14?,15?,16-,17-,20+/m1/s1. The highest BCUT2D eigenvalue weighted by atomic mass is 32.2. The predicted molar refractivity (Wildman–Crippen MR) is 108 cm³/mol. The van der Waals surface area contributed by atoms with Crippen molar-refractivity contribution in [1.29, 1.82) is 0 Å². The number of rotatable bonds is 5. The number of imide groups is 1. The second kappa shape index (κ2) is 8.47. The monoisotopic (exact) mass is 426 g/mol. The van der Waals surface area contributed by atoms with E-state index in [9.17, 15) is 19.8 Å². The number of thioether (sulfide) groups is 1. The highest BCUT2D eigenvalue weighted by Crippen LogP contribution is 2.38. The Morgan fingerprint density at radius 2 is 1.60 bits per heavy atom. The lowest BCUT2D eigenvalue weighted by Gasteiger charge is -2.45. The van der Waals surface area contributed by atoms with Gasteiger partial charge in [0.25, 0.3) is 11.8 Å². The summed E-state index contributed by atoms with van der Waals surface area (Å²) in [6, 6.07) is 14.4. The van der Waals surface area contributed by atoms with E-state index in [1.807, 2.05) is 30.3 Å². The van der Waals surface area contributed by atoms with Crippen LogP contribution in [0, 0.1) is 0 Å². The summed E-state index contributed by atoms with van der Waals surface area (Å²) < 4.78 is 5.94. The van der Waals surface area contributed by atoms with Crippen LogP contribution in [-0.4, -0.2) is 63.3 Å². The van der Waals surface area contributed by atoms with Gasteiger partial charge in [0.15, 0.2) is 0 Å².